The maximum Gasteiger partial charge on any atom is 0.123 e. The van der Waals surface area contributed by atoms with Crippen LogP contribution < -0.4 is 0 Å². The second-order valence-electron chi connectivity index (χ2n) is 7.25. The Morgan fingerprint density at radius 1 is 1.08 bits per heavy atom. The van der Waals surface area contributed by atoms with Crippen LogP contribution in [0.15, 0.2) is 30.5 Å². The molecule has 0 unspecified atom stereocenters. The van der Waals surface area contributed by atoms with Gasteiger partial charge >= 0.3 is 0 Å². The molecule has 0 spiro atoms. The Morgan fingerprint density at radius 2 is 1.84 bits per heavy atom. The molecule has 2 fully saturated rings. The minimum absolute atomic E-state index is 0.190. The lowest BCUT2D eigenvalue weighted by atomic mass is 10.1. The first-order valence-corrected chi connectivity index (χ1v) is 9.21. The molecule has 25 heavy (non-hydrogen) atoms. The standard InChI is InChI=1S/C19H25FN4O/c20-17-5-3-15(4-6-17)11-23(19-7-9-25-10-8-19)13-18-14-24(22-21-18)12-16-1-2-16/h3-6,14,16,19H,1-2,7-13H2. The van der Waals surface area contributed by atoms with Crippen molar-refractivity contribution in [3.8, 4) is 0 Å². The van der Waals surface area contributed by atoms with Gasteiger partial charge in [-0.2, -0.15) is 0 Å². The summed E-state index contributed by atoms with van der Waals surface area (Å²) in [4.78, 5) is 2.43. The number of hydrogen-bond donors (Lipinski definition) is 0. The number of ether oxygens (including phenoxy) is 1. The van der Waals surface area contributed by atoms with Crippen LogP contribution in [0.1, 0.15) is 36.9 Å². The van der Waals surface area contributed by atoms with Gasteiger partial charge in [-0.3, -0.25) is 9.58 Å². The highest BCUT2D eigenvalue weighted by molar-refractivity contribution is 5.16. The first-order valence-electron chi connectivity index (χ1n) is 9.21. The Balaban J connectivity index is 1.45. The van der Waals surface area contributed by atoms with Crippen molar-refractivity contribution in [3.05, 3.63) is 47.5 Å². The predicted octanol–water partition coefficient (Wildman–Crippen LogP) is 3.01. The molecule has 1 saturated heterocycles. The van der Waals surface area contributed by atoms with Gasteiger partial charge in [0.1, 0.15) is 5.82 Å². The maximum atomic E-state index is 13.2. The zero-order valence-electron chi connectivity index (χ0n) is 14.5. The lowest BCUT2D eigenvalue weighted by Crippen LogP contribution is -2.38. The molecule has 0 bridgehead atoms. The zero-order chi connectivity index (χ0) is 17.1. The number of nitrogens with zero attached hydrogens (tertiary/aromatic N) is 4. The van der Waals surface area contributed by atoms with E-state index in [1.54, 1.807) is 0 Å². The van der Waals surface area contributed by atoms with Gasteiger partial charge in [0.2, 0.25) is 0 Å². The van der Waals surface area contributed by atoms with Gasteiger partial charge in [0.05, 0.1) is 5.69 Å². The molecule has 0 N–H and O–H groups in total. The molecule has 0 amide bonds. The van der Waals surface area contributed by atoms with E-state index in [0.717, 1.165) is 62.9 Å². The molecular weight excluding hydrogens is 319 g/mol. The molecule has 1 saturated carbocycles. The summed E-state index contributed by atoms with van der Waals surface area (Å²) in [6.45, 7) is 4.16. The van der Waals surface area contributed by atoms with E-state index >= 15 is 0 Å². The van der Waals surface area contributed by atoms with Gasteiger partial charge in [-0.05, 0) is 49.3 Å². The average molecular weight is 344 g/mol. The predicted molar refractivity (Wildman–Crippen MR) is 92.2 cm³/mol. The summed E-state index contributed by atoms with van der Waals surface area (Å²) in [5.41, 5.74) is 2.13. The van der Waals surface area contributed by atoms with Crippen LogP contribution in [0.25, 0.3) is 0 Å². The molecule has 5 nitrogen and oxygen atoms in total. The van der Waals surface area contributed by atoms with E-state index in [4.69, 9.17) is 4.74 Å². The number of hydrogen-bond acceptors (Lipinski definition) is 4. The minimum atomic E-state index is -0.190. The van der Waals surface area contributed by atoms with Gasteiger partial charge in [-0.25, -0.2) is 4.39 Å². The lowest BCUT2D eigenvalue weighted by molar-refractivity contribution is 0.0272. The van der Waals surface area contributed by atoms with Crippen molar-refractivity contribution in [2.45, 2.75) is 51.4 Å². The van der Waals surface area contributed by atoms with Crippen LogP contribution in [-0.4, -0.2) is 39.1 Å². The second kappa shape index (κ2) is 7.62. The van der Waals surface area contributed by atoms with Crippen molar-refractivity contribution in [1.29, 1.82) is 0 Å². The molecule has 6 heteroatoms. The highest BCUT2D eigenvalue weighted by Gasteiger charge is 2.24. The van der Waals surface area contributed by atoms with Crippen molar-refractivity contribution in [1.82, 2.24) is 19.9 Å². The summed E-state index contributed by atoms with van der Waals surface area (Å²) >= 11 is 0. The first kappa shape index (κ1) is 16.7. The molecule has 134 valence electrons. The Bertz CT molecular complexity index is 677. The van der Waals surface area contributed by atoms with E-state index in [1.807, 2.05) is 16.8 Å². The fraction of sp³-hybridized carbons (Fsp3) is 0.579. The fourth-order valence-electron chi connectivity index (χ4n) is 3.46. The summed E-state index contributed by atoms with van der Waals surface area (Å²) in [5, 5.41) is 8.65. The molecule has 2 aliphatic rings. The quantitative estimate of drug-likeness (QED) is 0.774. The van der Waals surface area contributed by atoms with E-state index in [-0.39, 0.29) is 5.82 Å². The number of benzene rings is 1. The molecule has 1 aliphatic heterocycles. The van der Waals surface area contributed by atoms with Crippen molar-refractivity contribution in [2.24, 2.45) is 5.92 Å². The molecule has 1 aromatic heterocycles. The molecule has 2 aromatic rings. The Kier molecular flexibility index (Phi) is 5.08. The normalized spacial score (nSPS) is 18.8. The van der Waals surface area contributed by atoms with Crippen LogP contribution in [0.3, 0.4) is 0 Å². The largest absolute Gasteiger partial charge is 0.381 e. The highest BCUT2D eigenvalue weighted by Crippen LogP contribution is 2.30. The summed E-state index contributed by atoms with van der Waals surface area (Å²) in [7, 11) is 0. The minimum Gasteiger partial charge on any atom is -0.381 e. The summed E-state index contributed by atoms with van der Waals surface area (Å²) in [6.07, 6.45) is 6.76. The third-order valence-electron chi connectivity index (χ3n) is 5.10. The molecule has 2 heterocycles. The second-order valence-corrected chi connectivity index (χ2v) is 7.25. The van der Waals surface area contributed by atoms with Crippen molar-refractivity contribution in [3.63, 3.8) is 0 Å². The monoisotopic (exact) mass is 344 g/mol. The van der Waals surface area contributed by atoms with Crippen LogP contribution in [-0.2, 0) is 24.4 Å². The van der Waals surface area contributed by atoms with E-state index < -0.39 is 0 Å². The van der Waals surface area contributed by atoms with Crippen molar-refractivity contribution < 1.29 is 9.13 Å². The first-order chi connectivity index (χ1) is 12.3. The lowest BCUT2D eigenvalue weighted by Gasteiger charge is -2.33. The van der Waals surface area contributed by atoms with Crippen molar-refractivity contribution in [2.75, 3.05) is 13.2 Å². The molecule has 1 aliphatic carbocycles. The van der Waals surface area contributed by atoms with Gasteiger partial charge in [0.25, 0.3) is 0 Å². The SMILES string of the molecule is Fc1ccc(CN(Cc2cn(CC3CC3)nn2)C2CCOCC2)cc1. The third kappa shape index (κ3) is 4.64. The van der Waals surface area contributed by atoms with Gasteiger partial charge in [0, 0.05) is 45.1 Å². The van der Waals surface area contributed by atoms with Gasteiger partial charge < -0.3 is 4.74 Å². The summed E-state index contributed by atoms with van der Waals surface area (Å²) in [6, 6.07) is 7.26. The van der Waals surface area contributed by atoms with E-state index in [2.05, 4.69) is 21.4 Å². The summed E-state index contributed by atoms with van der Waals surface area (Å²) in [5.74, 6) is 0.602. The Hall–Kier alpha value is -1.79. The van der Waals surface area contributed by atoms with Crippen LogP contribution in [0.5, 0.6) is 0 Å². The van der Waals surface area contributed by atoms with E-state index in [9.17, 15) is 4.39 Å². The van der Waals surface area contributed by atoms with Crippen LogP contribution in [0, 0.1) is 11.7 Å². The number of aromatic nitrogens is 3. The Labute approximate surface area is 147 Å². The average Bonchev–Trinajstić information content (AvgIpc) is 3.34. The Morgan fingerprint density at radius 3 is 2.56 bits per heavy atom. The highest BCUT2D eigenvalue weighted by atomic mass is 19.1. The van der Waals surface area contributed by atoms with Crippen LogP contribution in [0.4, 0.5) is 4.39 Å². The topological polar surface area (TPSA) is 43.2 Å². The maximum absolute atomic E-state index is 13.2. The molecule has 0 atom stereocenters. The third-order valence-corrected chi connectivity index (χ3v) is 5.10. The molecular formula is C19H25FN4O. The smallest absolute Gasteiger partial charge is 0.123 e. The number of halogens is 1. The van der Waals surface area contributed by atoms with E-state index in [1.165, 1.54) is 25.0 Å². The van der Waals surface area contributed by atoms with Crippen LogP contribution >= 0.6 is 0 Å². The number of rotatable bonds is 7. The zero-order valence-corrected chi connectivity index (χ0v) is 14.5. The van der Waals surface area contributed by atoms with Gasteiger partial charge in [-0.1, -0.05) is 17.3 Å². The summed E-state index contributed by atoms with van der Waals surface area (Å²) < 4.78 is 20.7. The van der Waals surface area contributed by atoms with E-state index in [0.29, 0.717) is 6.04 Å². The molecule has 1 aromatic carbocycles. The molecule has 0 radical (unpaired) electrons. The fourth-order valence-corrected chi connectivity index (χ4v) is 3.46. The van der Waals surface area contributed by atoms with Gasteiger partial charge in [-0.15, -0.1) is 5.10 Å². The molecule has 4 rings (SSSR count). The van der Waals surface area contributed by atoms with Gasteiger partial charge in [0.15, 0.2) is 0 Å². The van der Waals surface area contributed by atoms with Crippen molar-refractivity contribution >= 4 is 0 Å². The van der Waals surface area contributed by atoms with Crippen LogP contribution in [0.2, 0.25) is 0 Å².